The van der Waals surface area contributed by atoms with Crippen molar-refractivity contribution in [1.82, 2.24) is 14.8 Å². The lowest BCUT2D eigenvalue weighted by atomic mass is 10.1. The number of halogens is 1. The highest BCUT2D eigenvalue weighted by Crippen LogP contribution is 2.18. The van der Waals surface area contributed by atoms with Gasteiger partial charge < -0.3 is 9.42 Å². The van der Waals surface area contributed by atoms with E-state index in [0.29, 0.717) is 17.0 Å². The van der Waals surface area contributed by atoms with Crippen molar-refractivity contribution in [3.8, 4) is 0 Å². The van der Waals surface area contributed by atoms with Crippen LogP contribution in [-0.4, -0.2) is 39.1 Å². The van der Waals surface area contributed by atoms with Crippen molar-refractivity contribution in [1.29, 1.82) is 0 Å². The molecule has 1 N–H and O–H groups in total. The highest BCUT2D eigenvalue weighted by molar-refractivity contribution is 7.88. The third-order valence-electron chi connectivity index (χ3n) is 3.37. The fourth-order valence-corrected chi connectivity index (χ4v) is 3.29. The molecule has 1 aromatic carbocycles. The monoisotopic (exact) mass is 341 g/mol. The van der Waals surface area contributed by atoms with E-state index >= 15 is 0 Å². The third-order valence-corrected chi connectivity index (χ3v) is 4.65. The van der Waals surface area contributed by atoms with Gasteiger partial charge in [-0.05, 0) is 38.7 Å². The Balaban J connectivity index is 2.06. The third kappa shape index (κ3) is 5.12. The molecule has 23 heavy (non-hydrogen) atoms. The van der Waals surface area contributed by atoms with E-state index in [1.807, 2.05) is 19.0 Å². The Morgan fingerprint density at radius 3 is 2.65 bits per heavy atom. The van der Waals surface area contributed by atoms with Crippen LogP contribution >= 0.6 is 0 Å². The summed E-state index contributed by atoms with van der Waals surface area (Å²) in [5.41, 5.74) is 1.05. The van der Waals surface area contributed by atoms with Crippen LogP contribution in [0.25, 0.3) is 0 Å². The molecule has 0 unspecified atom stereocenters. The summed E-state index contributed by atoms with van der Waals surface area (Å²) < 4.78 is 45.1. The maximum atomic E-state index is 13.4. The molecule has 0 amide bonds. The smallest absolute Gasteiger partial charge is 0.217 e. The van der Waals surface area contributed by atoms with Crippen molar-refractivity contribution < 1.29 is 17.3 Å². The summed E-state index contributed by atoms with van der Waals surface area (Å²) in [4.78, 5) is 1.83. The number of likely N-dealkylation sites (N-methyl/N-ethyl adjacent to an activating group) is 1. The number of aryl methyl sites for hydroxylation is 1. The van der Waals surface area contributed by atoms with E-state index in [1.54, 1.807) is 25.1 Å². The molecule has 2 aromatic rings. The van der Waals surface area contributed by atoms with Crippen molar-refractivity contribution in [2.75, 3.05) is 20.6 Å². The summed E-state index contributed by atoms with van der Waals surface area (Å²) in [6.45, 7) is 1.83. The van der Waals surface area contributed by atoms with Crippen molar-refractivity contribution in [2.24, 2.45) is 0 Å². The van der Waals surface area contributed by atoms with Gasteiger partial charge in [0.05, 0.1) is 0 Å². The molecule has 0 spiro atoms. The quantitative estimate of drug-likeness (QED) is 0.832. The van der Waals surface area contributed by atoms with E-state index in [0.717, 1.165) is 0 Å². The number of aromatic nitrogens is 1. The molecule has 0 fully saturated rings. The second kappa shape index (κ2) is 7.20. The van der Waals surface area contributed by atoms with Gasteiger partial charge in [0.25, 0.3) is 0 Å². The first-order valence-corrected chi connectivity index (χ1v) is 8.73. The summed E-state index contributed by atoms with van der Waals surface area (Å²) in [5, 5.41) is 3.68. The fourth-order valence-electron chi connectivity index (χ4n) is 2.25. The molecule has 1 aromatic heterocycles. The maximum Gasteiger partial charge on any atom is 0.217 e. The standard InChI is InChI=1S/C15H20FN3O3S/c1-11-7-14(18-22-11)10-23(20,21)17-9-15(19(2)3)12-5-4-6-13(16)8-12/h4-8,15,17H,9-10H2,1-3H3/t15-/m0/s1. The predicted molar refractivity (Wildman–Crippen MR) is 84.7 cm³/mol. The van der Waals surface area contributed by atoms with Crippen LogP contribution in [-0.2, 0) is 15.8 Å². The van der Waals surface area contributed by atoms with Crippen LogP contribution in [0.5, 0.6) is 0 Å². The van der Waals surface area contributed by atoms with E-state index in [2.05, 4.69) is 9.88 Å². The first-order chi connectivity index (χ1) is 10.8. The molecule has 0 aliphatic rings. The van der Waals surface area contributed by atoms with Gasteiger partial charge in [-0.2, -0.15) is 0 Å². The summed E-state index contributed by atoms with van der Waals surface area (Å²) >= 11 is 0. The van der Waals surface area contributed by atoms with E-state index in [-0.39, 0.29) is 24.2 Å². The normalized spacial score (nSPS) is 13.4. The number of nitrogens with zero attached hydrogens (tertiary/aromatic N) is 2. The second-order valence-electron chi connectivity index (χ2n) is 5.57. The highest BCUT2D eigenvalue weighted by Gasteiger charge is 2.20. The van der Waals surface area contributed by atoms with E-state index in [4.69, 9.17) is 4.52 Å². The topological polar surface area (TPSA) is 75.4 Å². The van der Waals surface area contributed by atoms with Crippen molar-refractivity contribution in [2.45, 2.75) is 18.7 Å². The van der Waals surface area contributed by atoms with Gasteiger partial charge in [0.15, 0.2) is 0 Å². The molecular weight excluding hydrogens is 321 g/mol. The number of rotatable bonds is 7. The fraction of sp³-hybridized carbons (Fsp3) is 0.400. The van der Waals surface area contributed by atoms with Crippen LogP contribution in [0, 0.1) is 12.7 Å². The zero-order chi connectivity index (χ0) is 17.0. The van der Waals surface area contributed by atoms with Gasteiger partial charge in [-0.1, -0.05) is 17.3 Å². The lowest BCUT2D eigenvalue weighted by molar-refractivity contribution is 0.298. The number of hydrogen-bond acceptors (Lipinski definition) is 5. The van der Waals surface area contributed by atoms with Crippen LogP contribution in [0.1, 0.15) is 23.1 Å². The minimum atomic E-state index is -3.56. The first kappa shape index (κ1) is 17.6. The van der Waals surface area contributed by atoms with Gasteiger partial charge in [-0.25, -0.2) is 17.5 Å². The lowest BCUT2D eigenvalue weighted by Gasteiger charge is -2.25. The molecular formula is C15H20FN3O3S. The summed E-state index contributed by atoms with van der Waals surface area (Å²) in [7, 11) is 0.0598. The molecule has 0 aliphatic carbocycles. The van der Waals surface area contributed by atoms with Crippen LogP contribution < -0.4 is 4.72 Å². The Kier molecular flexibility index (Phi) is 5.51. The van der Waals surface area contributed by atoms with Crippen LogP contribution in [0.3, 0.4) is 0 Å². The van der Waals surface area contributed by atoms with Gasteiger partial charge in [0.1, 0.15) is 23.0 Å². The number of hydrogen-bond donors (Lipinski definition) is 1. The predicted octanol–water partition coefficient (Wildman–Crippen LogP) is 1.84. The Bertz CT molecular complexity index is 759. The zero-order valence-corrected chi connectivity index (χ0v) is 14.1. The van der Waals surface area contributed by atoms with Gasteiger partial charge in [0.2, 0.25) is 10.0 Å². The molecule has 0 bridgehead atoms. The summed E-state index contributed by atoms with van der Waals surface area (Å²) in [5.74, 6) is -0.0513. The maximum absolute atomic E-state index is 13.4. The molecule has 0 aliphatic heterocycles. The molecule has 1 atom stereocenters. The van der Waals surface area contributed by atoms with Crippen LogP contribution in [0.4, 0.5) is 4.39 Å². The molecule has 1 heterocycles. The van der Waals surface area contributed by atoms with Gasteiger partial charge in [0, 0.05) is 18.7 Å². The molecule has 0 saturated carbocycles. The van der Waals surface area contributed by atoms with Crippen molar-refractivity contribution in [3.63, 3.8) is 0 Å². The minimum absolute atomic E-state index is 0.135. The Labute approximate surface area is 135 Å². The van der Waals surface area contributed by atoms with Gasteiger partial charge >= 0.3 is 0 Å². The highest BCUT2D eigenvalue weighted by atomic mass is 32.2. The number of sulfonamides is 1. The average molecular weight is 341 g/mol. The second-order valence-corrected chi connectivity index (χ2v) is 7.38. The first-order valence-electron chi connectivity index (χ1n) is 7.08. The van der Waals surface area contributed by atoms with Crippen LogP contribution in [0.15, 0.2) is 34.9 Å². The van der Waals surface area contributed by atoms with E-state index in [9.17, 15) is 12.8 Å². The summed E-state index contributed by atoms with van der Waals surface area (Å²) in [6, 6.07) is 7.43. The molecule has 0 saturated heterocycles. The average Bonchev–Trinajstić information content (AvgIpc) is 2.83. The number of nitrogens with one attached hydrogen (secondary N) is 1. The molecule has 8 heteroatoms. The molecule has 6 nitrogen and oxygen atoms in total. The molecule has 126 valence electrons. The Hall–Kier alpha value is -1.77. The minimum Gasteiger partial charge on any atom is -0.361 e. The lowest BCUT2D eigenvalue weighted by Crippen LogP contribution is -2.35. The van der Waals surface area contributed by atoms with E-state index < -0.39 is 10.0 Å². The van der Waals surface area contributed by atoms with Crippen molar-refractivity contribution in [3.05, 3.63) is 53.2 Å². The van der Waals surface area contributed by atoms with Gasteiger partial charge in [-0.3, -0.25) is 0 Å². The van der Waals surface area contributed by atoms with Crippen LogP contribution in [0.2, 0.25) is 0 Å². The SMILES string of the molecule is Cc1cc(CS(=O)(=O)NC[C@@H](c2cccc(F)c2)N(C)C)no1. The van der Waals surface area contributed by atoms with Gasteiger partial charge in [-0.15, -0.1) is 0 Å². The Morgan fingerprint density at radius 2 is 2.09 bits per heavy atom. The molecule has 2 rings (SSSR count). The largest absolute Gasteiger partial charge is 0.361 e. The summed E-state index contributed by atoms with van der Waals surface area (Å²) in [6.07, 6.45) is 0. The zero-order valence-electron chi connectivity index (χ0n) is 13.3. The van der Waals surface area contributed by atoms with E-state index in [1.165, 1.54) is 12.1 Å². The number of benzene rings is 1. The van der Waals surface area contributed by atoms with Crippen molar-refractivity contribution >= 4 is 10.0 Å². The Morgan fingerprint density at radius 1 is 1.35 bits per heavy atom. The molecule has 0 radical (unpaired) electrons.